The van der Waals surface area contributed by atoms with Gasteiger partial charge in [-0.05, 0) is 13.1 Å². The van der Waals surface area contributed by atoms with E-state index >= 15 is 0 Å². The quantitative estimate of drug-likeness (QED) is 0.841. The van der Waals surface area contributed by atoms with E-state index in [9.17, 15) is 0 Å². The maximum Gasteiger partial charge on any atom is 0.122 e. The zero-order valence-electron chi connectivity index (χ0n) is 12.8. The van der Waals surface area contributed by atoms with Gasteiger partial charge in [-0.1, -0.05) is 13.8 Å². The second kappa shape index (κ2) is 6.72. The van der Waals surface area contributed by atoms with Crippen LogP contribution in [0.15, 0.2) is 29.1 Å². The van der Waals surface area contributed by atoms with E-state index in [4.69, 9.17) is 4.42 Å². The van der Waals surface area contributed by atoms with Gasteiger partial charge < -0.3 is 9.73 Å². The molecule has 0 spiro atoms. The van der Waals surface area contributed by atoms with E-state index in [-0.39, 0.29) is 0 Å². The van der Waals surface area contributed by atoms with Crippen LogP contribution in [0.3, 0.4) is 0 Å². The molecule has 5 heteroatoms. The molecule has 0 radical (unpaired) electrons. The summed E-state index contributed by atoms with van der Waals surface area (Å²) in [4.78, 5) is 2.26. The van der Waals surface area contributed by atoms with Crippen molar-refractivity contribution in [3.8, 4) is 0 Å². The van der Waals surface area contributed by atoms with Crippen LogP contribution in [0.5, 0.6) is 0 Å². The molecule has 2 aromatic heterocycles. The van der Waals surface area contributed by atoms with Gasteiger partial charge in [0.15, 0.2) is 0 Å². The van der Waals surface area contributed by atoms with Crippen LogP contribution in [0.25, 0.3) is 0 Å². The van der Waals surface area contributed by atoms with Gasteiger partial charge in [-0.2, -0.15) is 5.10 Å². The number of nitrogens with one attached hydrogen (secondary N) is 1. The third-order valence-corrected chi connectivity index (χ3v) is 3.16. The fraction of sp³-hybridized carbons (Fsp3) is 0.533. The predicted octanol–water partition coefficient (Wildman–Crippen LogP) is 2.14. The minimum absolute atomic E-state index is 0.459. The second-order valence-electron chi connectivity index (χ2n) is 5.60. The first kappa shape index (κ1) is 14.8. The first-order valence-corrected chi connectivity index (χ1v) is 6.99. The Morgan fingerprint density at radius 2 is 2.20 bits per heavy atom. The molecule has 2 heterocycles. The number of furan rings is 1. The van der Waals surface area contributed by atoms with Crippen molar-refractivity contribution in [3.63, 3.8) is 0 Å². The summed E-state index contributed by atoms with van der Waals surface area (Å²) in [5.74, 6) is 1.02. The third-order valence-electron chi connectivity index (χ3n) is 3.16. The number of rotatable bonds is 7. The lowest BCUT2D eigenvalue weighted by molar-refractivity contribution is 0.314. The van der Waals surface area contributed by atoms with Crippen LogP contribution in [0, 0.1) is 0 Å². The minimum Gasteiger partial charge on any atom is -0.468 e. The zero-order valence-corrected chi connectivity index (χ0v) is 12.8. The number of hydrogen-bond donors (Lipinski definition) is 1. The monoisotopic (exact) mass is 276 g/mol. The molecule has 0 saturated carbocycles. The topological polar surface area (TPSA) is 46.2 Å². The Labute approximate surface area is 120 Å². The van der Waals surface area contributed by atoms with Crippen LogP contribution in [0.4, 0.5) is 0 Å². The van der Waals surface area contributed by atoms with Gasteiger partial charge in [0.05, 0.1) is 19.0 Å². The highest BCUT2D eigenvalue weighted by Gasteiger charge is 2.10. The van der Waals surface area contributed by atoms with Gasteiger partial charge in [-0.3, -0.25) is 9.58 Å². The van der Waals surface area contributed by atoms with Gasteiger partial charge >= 0.3 is 0 Å². The highest BCUT2D eigenvalue weighted by atomic mass is 16.3. The van der Waals surface area contributed by atoms with Crippen molar-refractivity contribution in [2.75, 3.05) is 7.05 Å². The Morgan fingerprint density at radius 1 is 1.40 bits per heavy atom. The summed E-state index contributed by atoms with van der Waals surface area (Å²) in [6.07, 6.45) is 5.73. The van der Waals surface area contributed by atoms with E-state index in [1.54, 1.807) is 6.26 Å². The normalized spacial score (nSPS) is 11.7. The smallest absolute Gasteiger partial charge is 0.122 e. The van der Waals surface area contributed by atoms with Crippen molar-refractivity contribution in [2.45, 2.75) is 39.5 Å². The molecule has 0 aliphatic rings. The molecule has 0 bridgehead atoms. The molecule has 0 aliphatic heterocycles. The highest BCUT2D eigenvalue weighted by Crippen LogP contribution is 2.14. The van der Waals surface area contributed by atoms with Gasteiger partial charge in [0.2, 0.25) is 0 Å². The van der Waals surface area contributed by atoms with Crippen LogP contribution in [0.1, 0.15) is 30.7 Å². The SMILES string of the molecule is CC(C)NCc1occc1CN(C)Cc1cnn(C)c1. The molecular formula is C15H24N4O. The highest BCUT2D eigenvalue weighted by molar-refractivity contribution is 5.17. The number of hydrogen-bond acceptors (Lipinski definition) is 4. The van der Waals surface area contributed by atoms with E-state index < -0.39 is 0 Å². The average Bonchev–Trinajstić information content (AvgIpc) is 2.96. The molecule has 1 N–H and O–H groups in total. The van der Waals surface area contributed by atoms with Crippen molar-refractivity contribution in [2.24, 2.45) is 7.05 Å². The first-order valence-electron chi connectivity index (χ1n) is 6.99. The summed E-state index contributed by atoms with van der Waals surface area (Å²) >= 11 is 0. The van der Waals surface area contributed by atoms with E-state index in [0.29, 0.717) is 6.04 Å². The van der Waals surface area contributed by atoms with Crippen molar-refractivity contribution in [1.29, 1.82) is 0 Å². The Kier molecular flexibility index (Phi) is 4.98. The summed E-state index contributed by atoms with van der Waals surface area (Å²) in [5, 5.41) is 7.58. The summed E-state index contributed by atoms with van der Waals surface area (Å²) in [5.41, 5.74) is 2.46. The van der Waals surface area contributed by atoms with Crippen molar-refractivity contribution in [3.05, 3.63) is 41.6 Å². The summed E-state index contributed by atoms with van der Waals surface area (Å²) in [6, 6.07) is 2.51. The van der Waals surface area contributed by atoms with Gasteiger partial charge in [-0.15, -0.1) is 0 Å². The second-order valence-corrected chi connectivity index (χ2v) is 5.60. The molecule has 5 nitrogen and oxygen atoms in total. The summed E-state index contributed by atoms with van der Waals surface area (Å²) in [7, 11) is 4.05. The Bertz CT molecular complexity index is 529. The fourth-order valence-electron chi connectivity index (χ4n) is 2.17. The van der Waals surface area contributed by atoms with Gasteiger partial charge in [0.1, 0.15) is 5.76 Å². The van der Waals surface area contributed by atoms with E-state index in [1.165, 1.54) is 11.1 Å². The molecule has 0 amide bonds. The lowest BCUT2D eigenvalue weighted by atomic mass is 10.2. The lowest BCUT2D eigenvalue weighted by Gasteiger charge is -2.16. The largest absolute Gasteiger partial charge is 0.468 e. The number of aryl methyl sites for hydroxylation is 1. The maximum absolute atomic E-state index is 5.56. The molecule has 0 unspecified atom stereocenters. The van der Waals surface area contributed by atoms with Crippen molar-refractivity contribution >= 4 is 0 Å². The van der Waals surface area contributed by atoms with Crippen LogP contribution in [-0.4, -0.2) is 27.8 Å². The van der Waals surface area contributed by atoms with Gasteiger partial charge in [0, 0.05) is 43.5 Å². The molecule has 0 fully saturated rings. The van der Waals surface area contributed by atoms with Crippen molar-refractivity contribution < 1.29 is 4.42 Å². The predicted molar refractivity (Wildman–Crippen MR) is 79.1 cm³/mol. The Balaban J connectivity index is 1.90. The zero-order chi connectivity index (χ0) is 14.5. The van der Waals surface area contributed by atoms with Gasteiger partial charge in [0.25, 0.3) is 0 Å². The molecule has 2 aromatic rings. The molecule has 0 atom stereocenters. The molecule has 0 aliphatic carbocycles. The Hall–Kier alpha value is -1.59. The van der Waals surface area contributed by atoms with E-state index in [1.807, 2.05) is 24.1 Å². The van der Waals surface area contributed by atoms with Crippen molar-refractivity contribution in [1.82, 2.24) is 20.0 Å². The molecule has 20 heavy (non-hydrogen) atoms. The Morgan fingerprint density at radius 3 is 2.85 bits per heavy atom. The molecule has 0 aromatic carbocycles. The minimum atomic E-state index is 0.459. The molecular weight excluding hydrogens is 252 g/mol. The standard InChI is InChI=1S/C15H24N4O/c1-12(2)16-8-15-14(5-6-20-15)11-18(3)9-13-7-17-19(4)10-13/h5-7,10,12,16H,8-9,11H2,1-4H3. The number of aromatic nitrogens is 2. The van der Waals surface area contributed by atoms with Crippen LogP contribution < -0.4 is 5.32 Å². The fourth-order valence-corrected chi connectivity index (χ4v) is 2.17. The molecule has 2 rings (SSSR count). The lowest BCUT2D eigenvalue weighted by Crippen LogP contribution is -2.23. The number of nitrogens with zero attached hydrogens (tertiary/aromatic N) is 3. The van der Waals surface area contributed by atoms with Gasteiger partial charge in [-0.25, -0.2) is 0 Å². The van der Waals surface area contributed by atoms with E-state index in [2.05, 4.69) is 42.3 Å². The van der Waals surface area contributed by atoms with Crippen LogP contribution in [0.2, 0.25) is 0 Å². The molecule has 0 saturated heterocycles. The first-order chi connectivity index (χ1) is 9.54. The molecule has 110 valence electrons. The summed E-state index contributed by atoms with van der Waals surface area (Å²) < 4.78 is 7.40. The van der Waals surface area contributed by atoms with Crippen LogP contribution >= 0.6 is 0 Å². The maximum atomic E-state index is 5.56. The summed E-state index contributed by atoms with van der Waals surface area (Å²) in [6.45, 7) is 6.81. The average molecular weight is 276 g/mol. The third kappa shape index (κ3) is 4.21. The van der Waals surface area contributed by atoms with Crippen LogP contribution in [-0.2, 0) is 26.7 Å². The van der Waals surface area contributed by atoms with E-state index in [0.717, 1.165) is 25.4 Å².